The third-order valence-electron chi connectivity index (χ3n) is 1.81. The predicted molar refractivity (Wildman–Crippen MR) is 56.5 cm³/mol. The molecular formula is C10H11BrO3. The number of phenols is 1. The first kappa shape index (κ1) is 11.0. The van der Waals surface area contributed by atoms with Gasteiger partial charge in [-0.1, -0.05) is 28.1 Å². The Bertz CT molecular complexity index is 308. The van der Waals surface area contributed by atoms with E-state index in [9.17, 15) is 4.79 Å². The number of carbonyl (C=O) groups excluding carboxylic acids is 1. The maximum absolute atomic E-state index is 11.1. The highest BCUT2D eigenvalue weighted by atomic mass is 79.9. The molecule has 0 aliphatic heterocycles. The number of rotatable bonds is 3. The minimum absolute atomic E-state index is 0.220. The summed E-state index contributed by atoms with van der Waals surface area (Å²) in [5.74, 6) is -0.0731. The molecule has 0 heterocycles. The molecule has 3 nitrogen and oxygen atoms in total. The molecule has 1 unspecified atom stereocenters. The van der Waals surface area contributed by atoms with Crippen molar-refractivity contribution in [1.29, 1.82) is 0 Å². The van der Waals surface area contributed by atoms with Crippen molar-refractivity contribution in [2.75, 3.05) is 7.11 Å². The number of esters is 1. The number of halogens is 1. The van der Waals surface area contributed by atoms with E-state index in [4.69, 9.17) is 5.11 Å². The first-order valence-electron chi connectivity index (χ1n) is 4.13. The monoisotopic (exact) mass is 258 g/mol. The van der Waals surface area contributed by atoms with Crippen LogP contribution in [0.3, 0.4) is 0 Å². The number of alkyl halides is 1. The highest BCUT2D eigenvalue weighted by Gasteiger charge is 2.15. The molecule has 0 spiro atoms. The van der Waals surface area contributed by atoms with Crippen LogP contribution in [-0.2, 0) is 16.0 Å². The van der Waals surface area contributed by atoms with Crippen LogP contribution in [0.15, 0.2) is 24.3 Å². The maximum Gasteiger partial charge on any atom is 0.319 e. The molecule has 1 aromatic rings. The van der Waals surface area contributed by atoms with Crippen molar-refractivity contribution < 1.29 is 14.6 Å². The van der Waals surface area contributed by atoms with Crippen LogP contribution in [0, 0.1) is 0 Å². The van der Waals surface area contributed by atoms with Crippen LogP contribution in [0.4, 0.5) is 0 Å². The third-order valence-corrected chi connectivity index (χ3v) is 2.51. The van der Waals surface area contributed by atoms with Crippen molar-refractivity contribution in [2.45, 2.75) is 11.2 Å². The molecule has 0 saturated heterocycles. The summed E-state index contributed by atoms with van der Waals surface area (Å²) in [5, 5.41) is 9.04. The first-order valence-corrected chi connectivity index (χ1v) is 5.05. The molecule has 1 rings (SSSR count). The van der Waals surface area contributed by atoms with E-state index in [2.05, 4.69) is 20.7 Å². The van der Waals surface area contributed by atoms with Crippen LogP contribution < -0.4 is 0 Å². The molecule has 0 fully saturated rings. The smallest absolute Gasteiger partial charge is 0.319 e. The predicted octanol–water partition coefficient (Wildman–Crippen LogP) is 1.87. The van der Waals surface area contributed by atoms with Gasteiger partial charge in [-0.25, -0.2) is 0 Å². The lowest BCUT2D eigenvalue weighted by atomic mass is 10.1. The van der Waals surface area contributed by atoms with Crippen LogP contribution in [0.2, 0.25) is 0 Å². The summed E-state index contributed by atoms with van der Waals surface area (Å²) >= 11 is 3.22. The van der Waals surface area contributed by atoms with E-state index in [0.717, 1.165) is 5.56 Å². The zero-order valence-corrected chi connectivity index (χ0v) is 9.32. The van der Waals surface area contributed by atoms with Crippen LogP contribution in [0.5, 0.6) is 5.75 Å². The second-order valence-electron chi connectivity index (χ2n) is 2.86. The number of aromatic hydroxyl groups is 1. The largest absolute Gasteiger partial charge is 0.508 e. The van der Waals surface area contributed by atoms with Gasteiger partial charge in [0, 0.05) is 0 Å². The number of benzene rings is 1. The lowest BCUT2D eigenvalue weighted by molar-refractivity contribution is -0.139. The topological polar surface area (TPSA) is 46.5 Å². The molecule has 0 aromatic heterocycles. The molecule has 76 valence electrons. The summed E-state index contributed by atoms with van der Waals surface area (Å²) in [6, 6.07) is 6.72. The average molecular weight is 259 g/mol. The molecular weight excluding hydrogens is 248 g/mol. The highest BCUT2D eigenvalue weighted by Crippen LogP contribution is 2.14. The van der Waals surface area contributed by atoms with Crippen molar-refractivity contribution in [3.8, 4) is 5.75 Å². The summed E-state index contributed by atoms with van der Waals surface area (Å²) in [4.78, 5) is 10.7. The minimum atomic E-state index is -0.336. The number of phenolic OH excluding ortho intramolecular Hbond substituents is 1. The molecule has 0 amide bonds. The zero-order valence-electron chi connectivity index (χ0n) is 7.74. The molecule has 14 heavy (non-hydrogen) atoms. The van der Waals surface area contributed by atoms with E-state index in [1.54, 1.807) is 24.3 Å². The fraction of sp³-hybridized carbons (Fsp3) is 0.300. The van der Waals surface area contributed by atoms with Crippen molar-refractivity contribution in [1.82, 2.24) is 0 Å². The van der Waals surface area contributed by atoms with Gasteiger partial charge in [-0.2, -0.15) is 0 Å². The lowest BCUT2D eigenvalue weighted by Gasteiger charge is -2.07. The van der Waals surface area contributed by atoms with Crippen LogP contribution in [0.1, 0.15) is 5.56 Å². The molecule has 1 N–H and O–H groups in total. The Kier molecular flexibility index (Phi) is 3.95. The molecule has 1 atom stereocenters. The standard InChI is InChI=1S/C10H11BrO3/c1-14-10(13)9(11)6-7-2-4-8(12)5-3-7/h2-5,9,12H,6H2,1H3. The Morgan fingerprint density at radius 3 is 2.57 bits per heavy atom. The van der Waals surface area contributed by atoms with Gasteiger partial charge in [-0.05, 0) is 24.1 Å². The second-order valence-corrected chi connectivity index (χ2v) is 3.97. The Hall–Kier alpha value is -1.03. The van der Waals surface area contributed by atoms with Crippen LogP contribution in [-0.4, -0.2) is 23.0 Å². The number of carbonyl (C=O) groups is 1. The summed E-state index contributed by atoms with van der Waals surface area (Å²) in [6.07, 6.45) is 0.549. The molecule has 0 aliphatic carbocycles. The normalized spacial score (nSPS) is 12.1. The van der Waals surface area contributed by atoms with Gasteiger partial charge >= 0.3 is 5.97 Å². The summed E-state index contributed by atoms with van der Waals surface area (Å²) in [6.45, 7) is 0. The Morgan fingerprint density at radius 1 is 1.50 bits per heavy atom. The average Bonchev–Trinajstić information content (AvgIpc) is 2.20. The Labute approximate surface area is 90.8 Å². The van der Waals surface area contributed by atoms with Gasteiger partial charge < -0.3 is 9.84 Å². The minimum Gasteiger partial charge on any atom is -0.508 e. The van der Waals surface area contributed by atoms with Gasteiger partial charge in [0.05, 0.1) is 7.11 Å². The summed E-state index contributed by atoms with van der Waals surface area (Å²) in [5.41, 5.74) is 0.968. The van der Waals surface area contributed by atoms with Crippen molar-refractivity contribution in [3.63, 3.8) is 0 Å². The van der Waals surface area contributed by atoms with E-state index in [1.807, 2.05) is 0 Å². The van der Waals surface area contributed by atoms with E-state index < -0.39 is 0 Å². The number of hydrogen-bond donors (Lipinski definition) is 1. The summed E-state index contributed by atoms with van der Waals surface area (Å²) < 4.78 is 4.57. The van der Waals surface area contributed by atoms with E-state index in [1.165, 1.54) is 7.11 Å². The molecule has 0 aliphatic rings. The quantitative estimate of drug-likeness (QED) is 0.665. The second kappa shape index (κ2) is 5.00. The van der Waals surface area contributed by atoms with Crippen molar-refractivity contribution in [3.05, 3.63) is 29.8 Å². The van der Waals surface area contributed by atoms with Gasteiger partial charge in [0.25, 0.3) is 0 Å². The molecule has 0 bridgehead atoms. The van der Waals surface area contributed by atoms with Crippen LogP contribution >= 0.6 is 15.9 Å². The van der Waals surface area contributed by atoms with Crippen molar-refractivity contribution >= 4 is 21.9 Å². The van der Waals surface area contributed by atoms with Gasteiger partial charge in [-0.15, -0.1) is 0 Å². The molecule has 0 saturated carbocycles. The van der Waals surface area contributed by atoms with Crippen molar-refractivity contribution in [2.24, 2.45) is 0 Å². The SMILES string of the molecule is COC(=O)C(Br)Cc1ccc(O)cc1. The fourth-order valence-corrected chi connectivity index (χ4v) is 1.61. The lowest BCUT2D eigenvalue weighted by Crippen LogP contribution is -2.17. The van der Waals surface area contributed by atoms with Gasteiger partial charge in [-0.3, -0.25) is 4.79 Å². The van der Waals surface area contributed by atoms with E-state index in [0.29, 0.717) is 6.42 Å². The fourth-order valence-electron chi connectivity index (χ4n) is 1.05. The number of methoxy groups -OCH3 is 1. The highest BCUT2D eigenvalue weighted by molar-refractivity contribution is 9.10. The van der Waals surface area contributed by atoms with Gasteiger partial charge in [0.15, 0.2) is 0 Å². The number of ether oxygens (including phenoxy) is 1. The van der Waals surface area contributed by atoms with Gasteiger partial charge in [0.1, 0.15) is 10.6 Å². The van der Waals surface area contributed by atoms with Crippen LogP contribution in [0.25, 0.3) is 0 Å². The third kappa shape index (κ3) is 3.03. The zero-order chi connectivity index (χ0) is 10.6. The summed E-state index contributed by atoms with van der Waals surface area (Å²) in [7, 11) is 1.35. The first-order chi connectivity index (χ1) is 6.63. The molecule has 1 aromatic carbocycles. The van der Waals surface area contributed by atoms with Gasteiger partial charge in [0.2, 0.25) is 0 Å². The molecule has 4 heteroatoms. The number of hydrogen-bond acceptors (Lipinski definition) is 3. The Morgan fingerprint density at radius 2 is 2.07 bits per heavy atom. The van der Waals surface area contributed by atoms with E-state index >= 15 is 0 Å². The Balaban J connectivity index is 2.60. The van der Waals surface area contributed by atoms with E-state index in [-0.39, 0.29) is 16.5 Å². The molecule has 0 radical (unpaired) electrons. The maximum atomic E-state index is 11.1.